The third kappa shape index (κ3) is 3.30. The largest absolute Gasteiger partial charge is 0.349 e. The maximum absolute atomic E-state index is 12.2. The first kappa shape index (κ1) is 15.0. The molecule has 118 valence electrons. The molecule has 1 aliphatic rings. The number of rotatable bonds is 4. The Morgan fingerprint density at radius 1 is 1.36 bits per heavy atom. The highest BCUT2D eigenvalue weighted by atomic mass is 16.1. The summed E-state index contributed by atoms with van der Waals surface area (Å²) in [5, 5.41) is 2.99. The number of piperidine rings is 1. The van der Waals surface area contributed by atoms with Gasteiger partial charge >= 0.3 is 0 Å². The Kier molecular flexibility index (Phi) is 4.43. The monoisotopic (exact) mass is 300 g/mol. The molecule has 0 aliphatic carbocycles. The Morgan fingerprint density at radius 2 is 2.23 bits per heavy atom. The lowest BCUT2D eigenvalue weighted by Gasteiger charge is -2.33. The molecule has 1 aliphatic heterocycles. The van der Waals surface area contributed by atoms with Gasteiger partial charge in [-0.25, -0.2) is 4.98 Å². The van der Waals surface area contributed by atoms with E-state index in [1.54, 1.807) is 6.20 Å². The van der Waals surface area contributed by atoms with E-state index in [0.717, 1.165) is 24.3 Å². The third-order valence-corrected chi connectivity index (χ3v) is 4.46. The average Bonchev–Trinajstić information content (AvgIpc) is 2.92. The molecule has 1 atom stereocenters. The van der Waals surface area contributed by atoms with E-state index in [1.807, 2.05) is 29.7 Å². The molecule has 5 heteroatoms. The van der Waals surface area contributed by atoms with Crippen LogP contribution in [0.5, 0.6) is 0 Å². The van der Waals surface area contributed by atoms with E-state index < -0.39 is 0 Å². The summed E-state index contributed by atoms with van der Waals surface area (Å²) in [6.45, 7) is 7.03. The number of amides is 1. The first-order valence-electron chi connectivity index (χ1n) is 8.11. The molecule has 3 heterocycles. The molecule has 0 saturated carbocycles. The fourth-order valence-corrected chi connectivity index (χ4v) is 3.11. The van der Waals surface area contributed by atoms with Crippen molar-refractivity contribution in [3.8, 4) is 0 Å². The molecule has 1 amide bonds. The van der Waals surface area contributed by atoms with Crippen molar-refractivity contribution in [3.05, 3.63) is 35.8 Å². The minimum atomic E-state index is -0.0917. The number of fused-ring (bicyclic) bond motifs is 1. The topological polar surface area (TPSA) is 49.6 Å². The van der Waals surface area contributed by atoms with Crippen LogP contribution in [-0.2, 0) is 0 Å². The van der Waals surface area contributed by atoms with Crippen LogP contribution in [0.2, 0.25) is 0 Å². The fraction of sp³-hybridized carbons (Fsp3) is 0.529. The van der Waals surface area contributed by atoms with Gasteiger partial charge in [0.05, 0.1) is 0 Å². The lowest BCUT2D eigenvalue weighted by atomic mass is 10.0. The van der Waals surface area contributed by atoms with Crippen molar-refractivity contribution < 1.29 is 4.79 Å². The summed E-state index contributed by atoms with van der Waals surface area (Å²) >= 11 is 0. The summed E-state index contributed by atoms with van der Waals surface area (Å²) in [6.07, 6.45) is 7.63. The number of hydrogen-bond donors (Lipinski definition) is 1. The number of nitrogens with zero attached hydrogens (tertiary/aromatic N) is 3. The van der Waals surface area contributed by atoms with Crippen molar-refractivity contribution in [1.29, 1.82) is 0 Å². The highest BCUT2D eigenvalue weighted by Gasteiger charge is 2.18. The second kappa shape index (κ2) is 6.48. The zero-order chi connectivity index (χ0) is 15.5. The van der Waals surface area contributed by atoms with Crippen molar-refractivity contribution in [2.24, 2.45) is 0 Å². The number of pyridine rings is 1. The Morgan fingerprint density at radius 3 is 3.05 bits per heavy atom. The van der Waals surface area contributed by atoms with Gasteiger partial charge < -0.3 is 9.72 Å². The number of hydrogen-bond acceptors (Lipinski definition) is 3. The minimum Gasteiger partial charge on any atom is -0.349 e. The Bertz CT molecular complexity index is 664. The zero-order valence-corrected chi connectivity index (χ0v) is 13.4. The molecule has 0 bridgehead atoms. The predicted molar refractivity (Wildman–Crippen MR) is 87.1 cm³/mol. The van der Waals surface area contributed by atoms with Crippen LogP contribution in [0.1, 0.15) is 42.2 Å². The number of likely N-dealkylation sites (tertiary alicyclic amines) is 1. The maximum atomic E-state index is 12.2. The standard InChI is InChI=1S/C17H24N4O/c1-13-6-7-16-19-15(12-21(16)11-13)17(22)18-8-10-20-9-4-3-5-14(20)2/h6-7,11-12,14H,3-5,8-10H2,1-2H3,(H,18,22). The van der Waals surface area contributed by atoms with E-state index in [1.165, 1.54) is 19.3 Å². The van der Waals surface area contributed by atoms with Crippen molar-refractivity contribution in [1.82, 2.24) is 19.6 Å². The second-order valence-electron chi connectivity index (χ2n) is 6.23. The highest BCUT2D eigenvalue weighted by molar-refractivity contribution is 5.92. The number of aromatic nitrogens is 2. The third-order valence-electron chi connectivity index (χ3n) is 4.46. The van der Waals surface area contributed by atoms with Gasteiger partial charge in [-0.15, -0.1) is 0 Å². The van der Waals surface area contributed by atoms with Crippen LogP contribution in [-0.4, -0.2) is 45.9 Å². The lowest BCUT2D eigenvalue weighted by molar-refractivity contribution is 0.0934. The van der Waals surface area contributed by atoms with E-state index in [-0.39, 0.29) is 5.91 Å². The molecule has 22 heavy (non-hydrogen) atoms. The predicted octanol–water partition coefficient (Wildman–Crippen LogP) is 2.25. The summed E-state index contributed by atoms with van der Waals surface area (Å²) in [4.78, 5) is 19.0. The molecule has 5 nitrogen and oxygen atoms in total. The van der Waals surface area contributed by atoms with Crippen LogP contribution in [0.4, 0.5) is 0 Å². The van der Waals surface area contributed by atoms with Gasteiger partial charge in [-0.05, 0) is 44.9 Å². The van der Waals surface area contributed by atoms with Crippen LogP contribution < -0.4 is 5.32 Å². The van der Waals surface area contributed by atoms with Crippen LogP contribution in [0, 0.1) is 6.92 Å². The van der Waals surface area contributed by atoms with Crippen LogP contribution in [0.3, 0.4) is 0 Å². The number of carbonyl (C=O) groups excluding carboxylic acids is 1. The van der Waals surface area contributed by atoms with Crippen LogP contribution in [0.25, 0.3) is 5.65 Å². The van der Waals surface area contributed by atoms with Crippen LogP contribution >= 0.6 is 0 Å². The summed E-state index contributed by atoms with van der Waals surface area (Å²) in [5.41, 5.74) is 2.44. The van der Waals surface area contributed by atoms with Gasteiger partial charge in [0, 0.05) is 31.5 Å². The van der Waals surface area contributed by atoms with Gasteiger partial charge in [0.1, 0.15) is 11.3 Å². The molecule has 0 spiro atoms. The Labute approximate surface area is 131 Å². The van der Waals surface area contributed by atoms with E-state index in [9.17, 15) is 4.79 Å². The number of nitrogens with one attached hydrogen (secondary N) is 1. The lowest BCUT2D eigenvalue weighted by Crippen LogP contribution is -2.42. The molecule has 0 aromatic carbocycles. The molecule has 1 fully saturated rings. The maximum Gasteiger partial charge on any atom is 0.271 e. The van der Waals surface area contributed by atoms with Gasteiger partial charge in [-0.2, -0.15) is 0 Å². The SMILES string of the molecule is Cc1ccc2nc(C(=O)NCCN3CCCCC3C)cn2c1. The zero-order valence-electron chi connectivity index (χ0n) is 13.4. The van der Waals surface area contributed by atoms with Crippen molar-refractivity contribution in [2.45, 2.75) is 39.2 Å². The minimum absolute atomic E-state index is 0.0917. The first-order chi connectivity index (χ1) is 10.6. The van der Waals surface area contributed by atoms with E-state index >= 15 is 0 Å². The molecule has 2 aromatic heterocycles. The smallest absolute Gasteiger partial charge is 0.271 e. The molecule has 0 radical (unpaired) electrons. The molecular formula is C17H24N4O. The van der Waals surface area contributed by atoms with Gasteiger partial charge in [-0.1, -0.05) is 12.5 Å². The van der Waals surface area contributed by atoms with Crippen molar-refractivity contribution in [3.63, 3.8) is 0 Å². The fourth-order valence-electron chi connectivity index (χ4n) is 3.11. The van der Waals surface area contributed by atoms with Crippen molar-refractivity contribution >= 4 is 11.6 Å². The van der Waals surface area contributed by atoms with Gasteiger partial charge in [-0.3, -0.25) is 9.69 Å². The quantitative estimate of drug-likeness (QED) is 0.942. The Hall–Kier alpha value is -1.88. The second-order valence-corrected chi connectivity index (χ2v) is 6.23. The average molecular weight is 300 g/mol. The molecule has 2 aromatic rings. The molecule has 1 saturated heterocycles. The van der Waals surface area contributed by atoms with E-state index in [0.29, 0.717) is 18.3 Å². The first-order valence-corrected chi connectivity index (χ1v) is 8.11. The van der Waals surface area contributed by atoms with Crippen molar-refractivity contribution in [2.75, 3.05) is 19.6 Å². The van der Waals surface area contributed by atoms with E-state index in [2.05, 4.69) is 22.1 Å². The molecule has 1 unspecified atom stereocenters. The van der Waals surface area contributed by atoms with Gasteiger partial charge in [0.2, 0.25) is 0 Å². The normalized spacial score (nSPS) is 19.5. The summed E-state index contributed by atoms with van der Waals surface area (Å²) < 4.78 is 1.90. The van der Waals surface area contributed by atoms with E-state index in [4.69, 9.17) is 0 Å². The summed E-state index contributed by atoms with van der Waals surface area (Å²) in [5.74, 6) is -0.0917. The number of imidazole rings is 1. The molecule has 1 N–H and O–H groups in total. The number of aryl methyl sites for hydroxylation is 1. The Balaban J connectivity index is 1.56. The highest BCUT2D eigenvalue weighted by Crippen LogP contribution is 2.15. The molecular weight excluding hydrogens is 276 g/mol. The van der Waals surface area contributed by atoms with Crippen LogP contribution in [0.15, 0.2) is 24.5 Å². The van der Waals surface area contributed by atoms with Gasteiger partial charge in [0.25, 0.3) is 5.91 Å². The number of carbonyl (C=O) groups is 1. The summed E-state index contributed by atoms with van der Waals surface area (Å²) in [7, 11) is 0. The molecule has 3 rings (SSSR count). The summed E-state index contributed by atoms with van der Waals surface area (Å²) in [6, 6.07) is 4.56. The van der Waals surface area contributed by atoms with Gasteiger partial charge in [0.15, 0.2) is 0 Å².